The monoisotopic (exact) mass is 360 g/mol. The standard InChI is InChI=1S/C17H20N4O3S/c1-24-16-8-12(6-7-15(16)22)9-20-21-17(23)10-25-11-19-14-5-3-2-4-13(14)18/h2-9,19,22H,10-11,18H2,1H3,(H,21,23)/b20-9+. The molecule has 7 nitrogen and oxygen atoms in total. The molecule has 2 aromatic rings. The Morgan fingerprint density at radius 3 is 2.92 bits per heavy atom. The molecule has 0 aliphatic heterocycles. The van der Waals surface area contributed by atoms with Gasteiger partial charge >= 0.3 is 0 Å². The number of para-hydroxylation sites is 2. The Hall–Kier alpha value is -2.87. The molecular weight excluding hydrogens is 340 g/mol. The number of anilines is 2. The highest BCUT2D eigenvalue weighted by Gasteiger charge is 2.02. The summed E-state index contributed by atoms with van der Waals surface area (Å²) in [6.07, 6.45) is 1.48. The number of amides is 1. The zero-order chi connectivity index (χ0) is 18.1. The molecule has 25 heavy (non-hydrogen) atoms. The summed E-state index contributed by atoms with van der Waals surface area (Å²) in [4.78, 5) is 11.7. The van der Waals surface area contributed by atoms with Gasteiger partial charge in [-0.1, -0.05) is 12.1 Å². The third-order valence-corrected chi connectivity index (χ3v) is 3.98. The Balaban J connectivity index is 1.71. The summed E-state index contributed by atoms with van der Waals surface area (Å²) < 4.78 is 5.01. The number of nitrogen functional groups attached to an aromatic ring is 1. The number of hydrazone groups is 1. The van der Waals surface area contributed by atoms with Crippen molar-refractivity contribution in [2.75, 3.05) is 29.8 Å². The second-order valence-electron chi connectivity index (χ2n) is 4.98. The molecule has 0 atom stereocenters. The molecule has 0 spiro atoms. The van der Waals surface area contributed by atoms with Crippen LogP contribution in [0.3, 0.4) is 0 Å². The van der Waals surface area contributed by atoms with Crippen LogP contribution in [0, 0.1) is 0 Å². The first-order chi connectivity index (χ1) is 12.1. The van der Waals surface area contributed by atoms with Gasteiger partial charge in [-0.2, -0.15) is 5.10 Å². The number of rotatable bonds is 8. The number of nitrogens with one attached hydrogen (secondary N) is 2. The maximum absolute atomic E-state index is 11.7. The number of phenolic OH excluding ortho intramolecular Hbond substituents is 1. The molecule has 0 heterocycles. The number of hydrogen-bond donors (Lipinski definition) is 4. The minimum Gasteiger partial charge on any atom is -0.504 e. The highest BCUT2D eigenvalue weighted by atomic mass is 32.2. The van der Waals surface area contributed by atoms with Crippen molar-refractivity contribution in [2.45, 2.75) is 0 Å². The van der Waals surface area contributed by atoms with E-state index < -0.39 is 0 Å². The van der Waals surface area contributed by atoms with Gasteiger partial charge in [0, 0.05) is 0 Å². The van der Waals surface area contributed by atoms with Gasteiger partial charge in [0.05, 0.1) is 36.3 Å². The first-order valence-corrected chi connectivity index (χ1v) is 8.60. The van der Waals surface area contributed by atoms with Crippen molar-refractivity contribution >= 4 is 35.3 Å². The van der Waals surface area contributed by atoms with Crippen LogP contribution in [-0.4, -0.2) is 36.0 Å². The van der Waals surface area contributed by atoms with Crippen LogP contribution in [0.25, 0.3) is 0 Å². The molecule has 2 aromatic carbocycles. The molecule has 1 amide bonds. The van der Waals surface area contributed by atoms with E-state index in [9.17, 15) is 9.90 Å². The zero-order valence-corrected chi connectivity index (χ0v) is 14.5. The molecule has 0 aromatic heterocycles. The molecule has 0 fully saturated rings. The van der Waals surface area contributed by atoms with Crippen molar-refractivity contribution in [3.63, 3.8) is 0 Å². The van der Waals surface area contributed by atoms with E-state index in [1.54, 1.807) is 12.1 Å². The normalized spacial score (nSPS) is 10.6. The van der Waals surface area contributed by atoms with Gasteiger partial charge in [0.2, 0.25) is 5.91 Å². The van der Waals surface area contributed by atoms with Gasteiger partial charge in [-0.15, -0.1) is 11.8 Å². The lowest BCUT2D eigenvalue weighted by Gasteiger charge is -2.08. The zero-order valence-electron chi connectivity index (χ0n) is 13.7. The van der Waals surface area contributed by atoms with Crippen LogP contribution < -0.4 is 21.2 Å². The summed E-state index contributed by atoms with van der Waals surface area (Å²) in [7, 11) is 1.46. The van der Waals surface area contributed by atoms with Gasteiger partial charge in [0.1, 0.15) is 0 Å². The number of methoxy groups -OCH3 is 1. The smallest absolute Gasteiger partial charge is 0.250 e. The molecule has 5 N–H and O–H groups in total. The molecule has 0 radical (unpaired) electrons. The van der Waals surface area contributed by atoms with Crippen molar-refractivity contribution in [3.8, 4) is 11.5 Å². The van der Waals surface area contributed by atoms with Crippen LogP contribution >= 0.6 is 11.8 Å². The Morgan fingerprint density at radius 1 is 1.36 bits per heavy atom. The maximum atomic E-state index is 11.7. The summed E-state index contributed by atoms with van der Waals surface area (Å²) >= 11 is 1.41. The fourth-order valence-corrected chi connectivity index (χ4v) is 2.53. The largest absolute Gasteiger partial charge is 0.504 e. The van der Waals surface area contributed by atoms with Gasteiger partial charge in [0.15, 0.2) is 11.5 Å². The van der Waals surface area contributed by atoms with Crippen molar-refractivity contribution in [1.82, 2.24) is 5.43 Å². The Kier molecular flexibility index (Phi) is 6.97. The molecule has 132 valence electrons. The van der Waals surface area contributed by atoms with Gasteiger partial charge in [-0.3, -0.25) is 4.79 Å². The van der Waals surface area contributed by atoms with Gasteiger partial charge in [0.25, 0.3) is 0 Å². The Bertz CT molecular complexity index is 752. The number of nitrogens with zero attached hydrogens (tertiary/aromatic N) is 1. The number of carbonyl (C=O) groups is 1. The number of aromatic hydroxyl groups is 1. The van der Waals surface area contributed by atoms with E-state index in [2.05, 4.69) is 15.8 Å². The van der Waals surface area contributed by atoms with Crippen LogP contribution in [0.5, 0.6) is 11.5 Å². The average Bonchev–Trinajstić information content (AvgIpc) is 2.61. The minimum absolute atomic E-state index is 0.0478. The molecule has 0 unspecified atom stereocenters. The second kappa shape index (κ2) is 9.43. The lowest BCUT2D eigenvalue weighted by Crippen LogP contribution is -2.20. The first kappa shape index (κ1) is 18.5. The number of phenols is 1. The van der Waals surface area contributed by atoms with Crippen LogP contribution in [0.15, 0.2) is 47.6 Å². The van der Waals surface area contributed by atoms with Crippen LogP contribution in [0.4, 0.5) is 11.4 Å². The van der Waals surface area contributed by atoms with E-state index in [-0.39, 0.29) is 17.4 Å². The van der Waals surface area contributed by atoms with Crippen molar-refractivity contribution < 1.29 is 14.6 Å². The third kappa shape index (κ3) is 5.92. The predicted molar refractivity (Wildman–Crippen MR) is 102 cm³/mol. The van der Waals surface area contributed by atoms with E-state index in [1.807, 2.05) is 24.3 Å². The number of benzene rings is 2. The van der Waals surface area contributed by atoms with Crippen LogP contribution in [0.2, 0.25) is 0 Å². The molecule has 0 saturated carbocycles. The van der Waals surface area contributed by atoms with E-state index in [4.69, 9.17) is 10.5 Å². The van der Waals surface area contributed by atoms with Crippen molar-refractivity contribution in [3.05, 3.63) is 48.0 Å². The quantitative estimate of drug-likeness (QED) is 0.189. The Labute approximate surface area is 150 Å². The third-order valence-electron chi connectivity index (χ3n) is 3.17. The van der Waals surface area contributed by atoms with E-state index in [0.717, 1.165) is 5.69 Å². The SMILES string of the molecule is COc1cc(/C=N/NC(=O)CSCNc2ccccc2N)ccc1O. The number of carbonyl (C=O) groups excluding carboxylic acids is 1. The fraction of sp³-hybridized carbons (Fsp3) is 0.176. The summed E-state index contributed by atoms with van der Waals surface area (Å²) in [5, 5.41) is 16.5. The summed E-state index contributed by atoms with van der Waals surface area (Å²) in [5.74, 6) is 0.995. The number of hydrogen-bond acceptors (Lipinski definition) is 7. The van der Waals surface area contributed by atoms with E-state index >= 15 is 0 Å². The summed E-state index contributed by atoms with van der Waals surface area (Å²) in [5.41, 5.74) is 10.5. The van der Waals surface area contributed by atoms with Gasteiger partial charge in [-0.05, 0) is 35.9 Å². The number of thioether (sulfide) groups is 1. The molecule has 0 aliphatic rings. The lowest BCUT2D eigenvalue weighted by molar-refractivity contribution is -0.118. The highest BCUT2D eigenvalue weighted by Crippen LogP contribution is 2.25. The first-order valence-electron chi connectivity index (χ1n) is 7.45. The maximum Gasteiger partial charge on any atom is 0.250 e. The van der Waals surface area contributed by atoms with Crippen LogP contribution in [0.1, 0.15) is 5.56 Å². The topological polar surface area (TPSA) is 109 Å². The Morgan fingerprint density at radius 2 is 2.16 bits per heavy atom. The molecule has 8 heteroatoms. The van der Waals surface area contributed by atoms with Crippen molar-refractivity contribution in [1.29, 1.82) is 0 Å². The molecule has 2 rings (SSSR count). The fourth-order valence-electron chi connectivity index (χ4n) is 1.92. The molecule has 0 aliphatic carbocycles. The highest BCUT2D eigenvalue weighted by molar-refractivity contribution is 8.00. The van der Waals surface area contributed by atoms with E-state index in [0.29, 0.717) is 22.9 Å². The van der Waals surface area contributed by atoms with Gasteiger partial charge < -0.3 is 20.9 Å². The second-order valence-corrected chi connectivity index (χ2v) is 5.97. The lowest BCUT2D eigenvalue weighted by atomic mass is 10.2. The minimum atomic E-state index is -0.213. The van der Waals surface area contributed by atoms with E-state index in [1.165, 1.54) is 31.2 Å². The number of nitrogens with two attached hydrogens (primary N) is 1. The van der Waals surface area contributed by atoms with Crippen molar-refractivity contribution in [2.24, 2.45) is 5.10 Å². The average molecular weight is 360 g/mol. The van der Waals surface area contributed by atoms with Gasteiger partial charge in [-0.25, -0.2) is 5.43 Å². The summed E-state index contributed by atoms with van der Waals surface area (Å²) in [6, 6.07) is 12.2. The van der Waals surface area contributed by atoms with Crippen LogP contribution in [-0.2, 0) is 4.79 Å². The molecular formula is C17H20N4O3S. The number of ether oxygens (including phenoxy) is 1. The molecule has 0 saturated heterocycles. The predicted octanol–water partition coefficient (Wildman–Crippen LogP) is 2.24. The molecule has 0 bridgehead atoms. The summed E-state index contributed by atoms with van der Waals surface area (Å²) in [6.45, 7) is 0.